The maximum absolute atomic E-state index is 14.2. The fourth-order valence-corrected chi connectivity index (χ4v) is 8.63. The highest BCUT2D eigenvalue weighted by atomic mass is 16.5. The van der Waals surface area contributed by atoms with E-state index in [2.05, 4.69) is 0 Å². The van der Waals surface area contributed by atoms with E-state index in [1.165, 1.54) is 30.3 Å². The summed E-state index contributed by atoms with van der Waals surface area (Å²) in [4.78, 5) is 41.5. The lowest BCUT2D eigenvalue weighted by Gasteiger charge is -2.36. The van der Waals surface area contributed by atoms with E-state index < -0.39 is 65.1 Å². The predicted molar refractivity (Wildman–Crippen MR) is 235 cm³/mol. The van der Waals surface area contributed by atoms with Crippen molar-refractivity contribution in [2.75, 3.05) is 0 Å². The highest BCUT2D eigenvalue weighted by Gasteiger charge is 2.48. The third-order valence-electron chi connectivity index (χ3n) is 12.1. The molecule has 2 aliphatic carbocycles. The second-order valence-electron chi connectivity index (χ2n) is 16.4. The smallest absolute Gasteiger partial charge is 0.196 e. The fourth-order valence-electron chi connectivity index (χ4n) is 8.63. The molecule has 0 aliphatic heterocycles. The van der Waals surface area contributed by atoms with Crippen LogP contribution in [0.15, 0.2) is 149 Å². The van der Waals surface area contributed by atoms with Crippen LogP contribution in [0, 0.1) is 0 Å². The molecule has 4 aromatic carbocycles. The van der Waals surface area contributed by atoms with Crippen LogP contribution in [0.25, 0.3) is 11.0 Å². The maximum atomic E-state index is 14.2. The molecule has 14 heteroatoms. The van der Waals surface area contributed by atoms with E-state index in [-0.39, 0.29) is 68.8 Å². The lowest BCUT2D eigenvalue weighted by molar-refractivity contribution is -0.121. The molecule has 7 aromatic rings. The lowest BCUT2D eigenvalue weighted by atomic mass is 9.86. The second kappa shape index (κ2) is 18.4. The molecule has 6 N–H and O–H groups in total. The molecule has 8 atom stereocenters. The van der Waals surface area contributed by atoms with Gasteiger partial charge < -0.3 is 53.4 Å². The summed E-state index contributed by atoms with van der Waals surface area (Å²) in [5, 5.41) is 67.6. The van der Waals surface area contributed by atoms with Crippen molar-refractivity contribution in [1.82, 2.24) is 0 Å². The monoisotopic (exact) mass is 882 g/mol. The number of benzene rings is 4. The number of hydrogen-bond donors (Lipinski definition) is 6. The largest absolute Gasteiger partial charge is 0.484 e. The Morgan fingerprint density at radius 1 is 0.431 bits per heavy atom. The van der Waals surface area contributed by atoms with Crippen LogP contribution in [-0.4, -0.2) is 55.1 Å². The highest BCUT2D eigenvalue weighted by Crippen LogP contribution is 2.43. The molecule has 0 bridgehead atoms. The fraction of sp³-hybridized carbons (Fsp3) is 0.275. The number of rotatable bonds is 13. The van der Waals surface area contributed by atoms with E-state index in [0.717, 1.165) is 16.7 Å². The summed E-state index contributed by atoms with van der Waals surface area (Å²) in [5.74, 6) is -0.309. The quantitative estimate of drug-likeness (QED) is 0.0912. The molecule has 0 fully saturated rings. The van der Waals surface area contributed by atoms with Gasteiger partial charge in [-0.3, -0.25) is 14.4 Å². The normalized spacial score (nSPS) is 22.6. The Balaban J connectivity index is 1.07. The van der Waals surface area contributed by atoms with Crippen LogP contribution in [0.1, 0.15) is 81.0 Å². The van der Waals surface area contributed by atoms with Gasteiger partial charge in [-0.1, -0.05) is 91.0 Å². The molecule has 8 unspecified atom stereocenters. The van der Waals surface area contributed by atoms with Crippen LogP contribution in [-0.2, 0) is 38.5 Å². The van der Waals surface area contributed by atoms with E-state index >= 15 is 0 Å². The Labute approximate surface area is 370 Å². The minimum Gasteiger partial charge on any atom is -0.484 e. The van der Waals surface area contributed by atoms with Crippen molar-refractivity contribution in [3.63, 3.8) is 0 Å². The van der Waals surface area contributed by atoms with Gasteiger partial charge in [-0.2, -0.15) is 0 Å². The van der Waals surface area contributed by atoms with Crippen molar-refractivity contribution in [3.05, 3.63) is 209 Å². The third kappa shape index (κ3) is 8.79. The minimum atomic E-state index is -1.87. The average Bonchev–Trinajstić information content (AvgIpc) is 3.32. The zero-order chi connectivity index (χ0) is 45.4. The molecule has 3 aromatic heterocycles. The maximum Gasteiger partial charge on any atom is 0.196 e. The Hall–Kier alpha value is -6.65. The van der Waals surface area contributed by atoms with Crippen LogP contribution < -0.4 is 25.8 Å². The summed E-state index contributed by atoms with van der Waals surface area (Å²) in [6, 6.07) is 34.7. The van der Waals surface area contributed by atoms with Gasteiger partial charge in [0.05, 0.1) is 11.1 Å². The minimum absolute atomic E-state index is 0.184. The molecule has 0 spiro atoms. The lowest BCUT2D eigenvalue weighted by Crippen LogP contribution is -2.47. The molecule has 334 valence electrons. The SMILES string of the molecule is O=c1cc(CCc2ccccc2)oc2c1C(O)C(Oc1ccc(OC3c4c(oc(CCc5ccccc5)cc4=O)C(O)C(O)C3O)c3oc(CCc4ccccc4)cc(=O)c13)C(O)C2O. The third-order valence-corrected chi connectivity index (χ3v) is 12.1. The first-order chi connectivity index (χ1) is 31.4. The first-order valence-corrected chi connectivity index (χ1v) is 21.4. The van der Waals surface area contributed by atoms with Crippen LogP contribution >= 0.6 is 0 Å². The van der Waals surface area contributed by atoms with E-state index in [1.807, 2.05) is 91.0 Å². The van der Waals surface area contributed by atoms with Gasteiger partial charge in [-0.15, -0.1) is 0 Å². The number of hydrogen-bond acceptors (Lipinski definition) is 14. The van der Waals surface area contributed by atoms with Gasteiger partial charge >= 0.3 is 0 Å². The molecule has 14 nitrogen and oxygen atoms in total. The summed E-state index contributed by atoms with van der Waals surface area (Å²) in [7, 11) is 0. The Morgan fingerprint density at radius 3 is 1.42 bits per heavy atom. The molecule has 65 heavy (non-hydrogen) atoms. The van der Waals surface area contributed by atoms with Gasteiger partial charge in [0.15, 0.2) is 39.8 Å². The number of fused-ring (bicyclic) bond motifs is 3. The summed E-state index contributed by atoms with van der Waals surface area (Å²) >= 11 is 0. The van der Waals surface area contributed by atoms with Gasteiger partial charge in [0, 0.05) is 37.5 Å². The van der Waals surface area contributed by atoms with Crippen molar-refractivity contribution in [2.45, 2.75) is 87.4 Å². The van der Waals surface area contributed by atoms with Crippen molar-refractivity contribution < 1.29 is 53.4 Å². The van der Waals surface area contributed by atoms with E-state index in [9.17, 15) is 45.0 Å². The number of ether oxygens (including phenoxy) is 2. The van der Waals surface area contributed by atoms with Gasteiger partial charge in [-0.05, 0) is 48.1 Å². The van der Waals surface area contributed by atoms with Crippen molar-refractivity contribution in [1.29, 1.82) is 0 Å². The van der Waals surface area contributed by atoms with Crippen LogP contribution in [0.3, 0.4) is 0 Å². The van der Waals surface area contributed by atoms with E-state index in [0.29, 0.717) is 32.1 Å². The molecule has 0 saturated heterocycles. The molecular weight excluding hydrogens is 837 g/mol. The number of aryl methyl sites for hydroxylation is 6. The average molecular weight is 883 g/mol. The molecule has 0 saturated carbocycles. The molecule has 2 aliphatic rings. The number of aliphatic hydroxyl groups is 6. The molecule has 0 radical (unpaired) electrons. The molecular formula is C51H46O14. The zero-order valence-corrected chi connectivity index (χ0v) is 34.9. The van der Waals surface area contributed by atoms with Crippen molar-refractivity contribution in [2.24, 2.45) is 0 Å². The zero-order valence-electron chi connectivity index (χ0n) is 34.9. The van der Waals surface area contributed by atoms with E-state index in [1.54, 1.807) is 0 Å². The van der Waals surface area contributed by atoms with Crippen molar-refractivity contribution >= 4 is 11.0 Å². The van der Waals surface area contributed by atoms with Gasteiger partial charge in [0.1, 0.15) is 76.6 Å². The second-order valence-corrected chi connectivity index (χ2v) is 16.4. The summed E-state index contributed by atoms with van der Waals surface area (Å²) in [6.07, 6.45) is -12.0. The van der Waals surface area contributed by atoms with Gasteiger partial charge in [0.25, 0.3) is 0 Å². The van der Waals surface area contributed by atoms with Crippen LogP contribution in [0.2, 0.25) is 0 Å². The topological polar surface area (TPSA) is 230 Å². The first kappa shape index (κ1) is 43.6. The highest BCUT2D eigenvalue weighted by molar-refractivity contribution is 5.88. The van der Waals surface area contributed by atoms with E-state index in [4.69, 9.17) is 22.7 Å². The first-order valence-electron chi connectivity index (χ1n) is 21.4. The van der Waals surface area contributed by atoms with Crippen molar-refractivity contribution in [3.8, 4) is 11.5 Å². The summed E-state index contributed by atoms with van der Waals surface area (Å²) in [5.41, 5.74) is 0.220. The number of aliphatic hydroxyl groups excluding tert-OH is 6. The Kier molecular flexibility index (Phi) is 12.4. The van der Waals surface area contributed by atoms with Gasteiger partial charge in [0.2, 0.25) is 0 Å². The standard InChI is InChI=1S/C51H46O14/c52-33-24-30(19-16-27-10-4-1-5-11-27)61-47-37(65-50-40-35(54)26-32(21-18-29-14-8-3-9-15-29)63-49(40)43(57)42(56)44(50)58)23-22-36(38(33)47)64-51-41(55)39-34(53)25-31(62-48(39)45(59)46(51)60)20-17-28-12-6-2-7-13-28/h1-15,22-26,41-46,50-51,55-60H,16-21H2. The molecule has 3 heterocycles. The Bertz CT molecular complexity index is 2980. The summed E-state index contributed by atoms with van der Waals surface area (Å²) < 4.78 is 30.7. The van der Waals surface area contributed by atoms with Gasteiger partial charge in [-0.25, -0.2) is 0 Å². The molecule has 0 amide bonds. The molecule has 9 rings (SSSR count). The van der Waals surface area contributed by atoms with Crippen LogP contribution in [0.5, 0.6) is 11.5 Å². The summed E-state index contributed by atoms with van der Waals surface area (Å²) in [6.45, 7) is 0. The van der Waals surface area contributed by atoms with Crippen LogP contribution in [0.4, 0.5) is 0 Å². The predicted octanol–water partition coefficient (Wildman–Crippen LogP) is 4.83. The Morgan fingerprint density at radius 2 is 0.877 bits per heavy atom.